The van der Waals surface area contributed by atoms with E-state index in [1.54, 1.807) is 0 Å². The topological polar surface area (TPSA) is 3.24 Å². The van der Waals surface area contributed by atoms with Gasteiger partial charge in [0, 0.05) is 6.04 Å². The van der Waals surface area contributed by atoms with Gasteiger partial charge in [-0.2, -0.15) is 0 Å². The lowest BCUT2D eigenvalue weighted by atomic mass is 9.98. The summed E-state index contributed by atoms with van der Waals surface area (Å²) in [7, 11) is 0. The van der Waals surface area contributed by atoms with E-state index in [4.69, 9.17) is 0 Å². The summed E-state index contributed by atoms with van der Waals surface area (Å²) in [5.74, 6) is 0. The second kappa shape index (κ2) is 22.3. The normalized spacial score (nSPS) is 12.8. The predicted molar refractivity (Wildman–Crippen MR) is 126 cm³/mol. The lowest BCUT2D eigenvalue weighted by molar-refractivity contribution is 0.188. The van der Waals surface area contributed by atoms with E-state index < -0.39 is 0 Å². The molecule has 27 heavy (non-hydrogen) atoms. The third kappa shape index (κ3) is 17.8. The first-order chi connectivity index (χ1) is 13.3. The molecule has 164 valence electrons. The standard InChI is InChI=1S/C26H55N/c1-5-9-11-13-15-16-17-19-21-23-25-26(27(7-3)8-4)24-22-20-18-14-12-10-6-2/h26H,5-25H2,1-4H3. The number of unbranched alkanes of at least 4 members (excludes halogenated alkanes) is 15. The van der Waals surface area contributed by atoms with Crippen molar-refractivity contribution in [2.24, 2.45) is 0 Å². The molecule has 0 aliphatic heterocycles. The average Bonchev–Trinajstić information content (AvgIpc) is 2.69. The number of hydrogen-bond donors (Lipinski definition) is 0. The molecule has 0 spiro atoms. The molecule has 0 aromatic carbocycles. The third-order valence-electron chi connectivity index (χ3n) is 6.36. The number of nitrogens with zero attached hydrogens (tertiary/aromatic N) is 1. The van der Waals surface area contributed by atoms with Crippen molar-refractivity contribution in [2.75, 3.05) is 13.1 Å². The van der Waals surface area contributed by atoms with E-state index >= 15 is 0 Å². The molecule has 0 radical (unpaired) electrons. The van der Waals surface area contributed by atoms with Crippen LogP contribution in [0.25, 0.3) is 0 Å². The van der Waals surface area contributed by atoms with E-state index in [0.717, 1.165) is 6.04 Å². The van der Waals surface area contributed by atoms with E-state index in [1.807, 2.05) is 0 Å². The third-order valence-corrected chi connectivity index (χ3v) is 6.36. The van der Waals surface area contributed by atoms with Crippen molar-refractivity contribution < 1.29 is 0 Å². The van der Waals surface area contributed by atoms with Crippen molar-refractivity contribution in [3.63, 3.8) is 0 Å². The minimum atomic E-state index is 0.852. The maximum Gasteiger partial charge on any atom is 0.00950 e. The molecule has 0 heterocycles. The Morgan fingerprint density at radius 2 is 0.704 bits per heavy atom. The first-order valence-corrected chi connectivity index (χ1v) is 13.0. The molecule has 0 rings (SSSR count). The summed E-state index contributed by atoms with van der Waals surface area (Å²) in [6.45, 7) is 11.8. The molecule has 0 saturated carbocycles. The van der Waals surface area contributed by atoms with Gasteiger partial charge < -0.3 is 4.90 Å². The molecule has 0 aromatic rings. The van der Waals surface area contributed by atoms with Gasteiger partial charge in [0.2, 0.25) is 0 Å². The van der Waals surface area contributed by atoms with Crippen molar-refractivity contribution >= 4 is 0 Å². The number of rotatable bonds is 22. The van der Waals surface area contributed by atoms with Gasteiger partial charge in [-0.15, -0.1) is 0 Å². The fourth-order valence-electron chi connectivity index (χ4n) is 4.45. The summed E-state index contributed by atoms with van der Waals surface area (Å²) >= 11 is 0. The minimum absolute atomic E-state index is 0.852. The highest BCUT2D eigenvalue weighted by Crippen LogP contribution is 2.19. The summed E-state index contributed by atoms with van der Waals surface area (Å²) in [6.07, 6.45) is 27.5. The molecule has 1 unspecified atom stereocenters. The van der Waals surface area contributed by atoms with Gasteiger partial charge in [-0.3, -0.25) is 0 Å². The van der Waals surface area contributed by atoms with Gasteiger partial charge in [0.25, 0.3) is 0 Å². The summed E-state index contributed by atoms with van der Waals surface area (Å²) in [6, 6.07) is 0.852. The molecule has 1 atom stereocenters. The highest BCUT2D eigenvalue weighted by molar-refractivity contribution is 4.70. The van der Waals surface area contributed by atoms with E-state index in [2.05, 4.69) is 32.6 Å². The van der Waals surface area contributed by atoms with Gasteiger partial charge in [-0.25, -0.2) is 0 Å². The first kappa shape index (κ1) is 27.0. The molecule has 0 bridgehead atoms. The molecule has 0 amide bonds. The van der Waals surface area contributed by atoms with Crippen LogP contribution < -0.4 is 0 Å². The zero-order valence-electron chi connectivity index (χ0n) is 19.9. The zero-order chi connectivity index (χ0) is 20.0. The molecule has 0 aliphatic carbocycles. The Kier molecular flexibility index (Phi) is 22.2. The van der Waals surface area contributed by atoms with Crippen LogP contribution in [0.4, 0.5) is 0 Å². The highest BCUT2D eigenvalue weighted by atomic mass is 15.1. The predicted octanol–water partition coefficient (Wildman–Crippen LogP) is 9.15. The van der Waals surface area contributed by atoms with Crippen molar-refractivity contribution in [1.29, 1.82) is 0 Å². The maximum atomic E-state index is 2.73. The highest BCUT2D eigenvalue weighted by Gasteiger charge is 2.14. The van der Waals surface area contributed by atoms with Crippen LogP contribution in [0.1, 0.15) is 150 Å². The second-order valence-corrected chi connectivity index (χ2v) is 8.76. The molecule has 0 saturated heterocycles. The summed E-state index contributed by atoms with van der Waals surface area (Å²) in [4.78, 5) is 2.73. The summed E-state index contributed by atoms with van der Waals surface area (Å²) in [5, 5.41) is 0. The molecule has 1 nitrogen and oxygen atoms in total. The van der Waals surface area contributed by atoms with Gasteiger partial charge in [-0.05, 0) is 25.9 Å². The summed E-state index contributed by atoms with van der Waals surface area (Å²) in [5.41, 5.74) is 0. The number of hydrogen-bond acceptors (Lipinski definition) is 1. The van der Waals surface area contributed by atoms with Crippen LogP contribution in [0.2, 0.25) is 0 Å². The van der Waals surface area contributed by atoms with Crippen LogP contribution in [-0.2, 0) is 0 Å². The Bertz CT molecular complexity index is 259. The molecule has 0 aromatic heterocycles. The Labute approximate surface area is 174 Å². The van der Waals surface area contributed by atoms with Crippen LogP contribution in [0, 0.1) is 0 Å². The van der Waals surface area contributed by atoms with Gasteiger partial charge in [0.1, 0.15) is 0 Å². The molecule has 0 fully saturated rings. The minimum Gasteiger partial charge on any atom is -0.301 e. The van der Waals surface area contributed by atoms with Crippen LogP contribution >= 0.6 is 0 Å². The average molecular weight is 382 g/mol. The molecule has 0 aliphatic rings. The van der Waals surface area contributed by atoms with Gasteiger partial charge in [-0.1, -0.05) is 137 Å². The van der Waals surface area contributed by atoms with Crippen molar-refractivity contribution in [3.8, 4) is 0 Å². The van der Waals surface area contributed by atoms with E-state index in [9.17, 15) is 0 Å². The monoisotopic (exact) mass is 381 g/mol. The maximum absolute atomic E-state index is 2.73. The van der Waals surface area contributed by atoms with Gasteiger partial charge in [0.15, 0.2) is 0 Å². The van der Waals surface area contributed by atoms with Crippen molar-refractivity contribution in [2.45, 2.75) is 156 Å². The Hall–Kier alpha value is -0.0400. The molecular formula is C26H55N. The molecule has 1 heteroatoms. The SMILES string of the molecule is CCCCCCCCCCCCC(CCCCCCCCC)N(CC)CC. The quantitative estimate of drug-likeness (QED) is 0.169. The first-order valence-electron chi connectivity index (χ1n) is 13.0. The van der Waals surface area contributed by atoms with Crippen LogP contribution in [-0.4, -0.2) is 24.0 Å². The lowest BCUT2D eigenvalue weighted by Crippen LogP contribution is -2.35. The molecular weight excluding hydrogens is 326 g/mol. The van der Waals surface area contributed by atoms with Gasteiger partial charge >= 0.3 is 0 Å². The smallest absolute Gasteiger partial charge is 0.00950 e. The van der Waals surface area contributed by atoms with E-state index in [1.165, 1.54) is 135 Å². The van der Waals surface area contributed by atoms with Crippen LogP contribution in [0.15, 0.2) is 0 Å². The Morgan fingerprint density at radius 1 is 0.407 bits per heavy atom. The second-order valence-electron chi connectivity index (χ2n) is 8.76. The van der Waals surface area contributed by atoms with Crippen LogP contribution in [0.5, 0.6) is 0 Å². The van der Waals surface area contributed by atoms with Crippen molar-refractivity contribution in [3.05, 3.63) is 0 Å². The molecule has 0 N–H and O–H groups in total. The fourth-order valence-corrected chi connectivity index (χ4v) is 4.45. The zero-order valence-corrected chi connectivity index (χ0v) is 19.9. The fraction of sp³-hybridized carbons (Fsp3) is 1.00. The van der Waals surface area contributed by atoms with Crippen molar-refractivity contribution in [1.82, 2.24) is 4.90 Å². The van der Waals surface area contributed by atoms with E-state index in [0.29, 0.717) is 0 Å². The van der Waals surface area contributed by atoms with E-state index in [-0.39, 0.29) is 0 Å². The lowest BCUT2D eigenvalue weighted by Gasteiger charge is -2.30. The Morgan fingerprint density at radius 3 is 1.00 bits per heavy atom. The summed E-state index contributed by atoms with van der Waals surface area (Å²) < 4.78 is 0. The van der Waals surface area contributed by atoms with Crippen LogP contribution in [0.3, 0.4) is 0 Å². The van der Waals surface area contributed by atoms with Gasteiger partial charge in [0.05, 0.1) is 0 Å². The Balaban J connectivity index is 3.74. The largest absolute Gasteiger partial charge is 0.301 e.